The van der Waals surface area contributed by atoms with E-state index in [-0.39, 0.29) is 11.6 Å². The summed E-state index contributed by atoms with van der Waals surface area (Å²) in [6.45, 7) is 5.22. The number of rotatable bonds is 3. The number of Topliss-reactive ketones (excluding diaryl/α,β-unsaturated/α-hetero) is 2. The molecule has 14 heavy (non-hydrogen) atoms. The Morgan fingerprint density at radius 2 is 2.00 bits per heavy atom. The number of carbonyl (C=O) groups is 3. The zero-order valence-corrected chi connectivity index (χ0v) is 8.66. The summed E-state index contributed by atoms with van der Waals surface area (Å²) in [5.41, 5.74) is 0. The Bertz CT molecular complexity index is 283. The Hall–Kier alpha value is -1.19. The molecule has 0 saturated carbocycles. The van der Waals surface area contributed by atoms with Crippen LogP contribution in [-0.4, -0.2) is 23.5 Å². The van der Waals surface area contributed by atoms with Gasteiger partial charge >= 0.3 is 0 Å². The van der Waals surface area contributed by atoms with Crippen LogP contribution in [0.1, 0.15) is 27.2 Å². The van der Waals surface area contributed by atoms with Crippen molar-refractivity contribution in [1.29, 1.82) is 0 Å². The monoisotopic (exact) mass is 197 g/mol. The maximum absolute atomic E-state index is 11.6. The minimum atomic E-state index is -1.06. The molecular formula is C10H15NO3. The first kappa shape index (κ1) is 10.9. The molecule has 4 heteroatoms. The van der Waals surface area contributed by atoms with E-state index < -0.39 is 17.9 Å². The molecule has 0 aromatic heterocycles. The minimum absolute atomic E-state index is 0.267. The second-order valence-corrected chi connectivity index (χ2v) is 4.14. The van der Waals surface area contributed by atoms with Crippen molar-refractivity contribution in [2.45, 2.75) is 33.2 Å². The van der Waals surface area contributed by atoms with Gasteiger partial charge in [-0.1, -0.05) is 13.8 Å². The van der Waals surface area contributed by atoms with Crippen LogP contribution in [0.4, 0.5) is 0 Å². The predicted octanol–water partition coefficient (Wildman–Crippen LogP) is 0.305. The zero-order valence-electron chi connectivity index (χ0n) is 8.66. The molecule has 1 aliphatic heterocycles. The first-order valence-electron chi connectivity index (χ1n) is 4.78. The molecule has 0 unspecified atom stereocenters. The summed E-state index contributed by atoms with van der Waals surface area (Å²) in [6.07, 6.45) is 0.606. The molecule has 0 aromatic rings. The average molecular weight is 197 g/mol. The number of ketones is 2. The van der Waals surface area contributed by atoms with Crippen LogP contribution in [0, 0.1) is 11.8 Å². The SMILES string of the molecule is CC(=O)[C@@H]1C(=O)N[C@@H](CC(C)C)C1=O. The summed E-state index contributed by atoms with van der Waals surface area (Å²) in [5, 5.41) is 2.56. The van der Waals surface area contributed by atoms with Crippen LogP contribution in [-0.2, 0) is 14.4 Å². The van der Waals surface area contributed by atoms with Crippen molar-refractivity contribution in [3.8, 4) is 0 Å². The summed E-state index contributed by atoms with van der Waals surface area (Å²) >= 11 is 0. The molecule has 0 aromatic carbocycles. The second kappa shape index (κ2) is 3.90. The third-order valence-electron chi connectivity index (χ3n) is 2.32. The second-order valence-electron chi connectivity index (χ2n) is 4.14. The van der Waals surface area contributed by atoms with Crippen LogP contribution in [0.3, 0.4) is 0 Å². The van der Waals surface area contributed by atoms with E-state index >= 15 is 0 Å². The number of hydrogen-bond acceptors (Lipinski definition) is 3. The number of nitrogens with one attached hydrogen (secondary N) is 1. The lowest BCUT2D eigenvalue weighted by Crippen LogP contribution is -2.30. The smallest absolute Gasteiger partial charge is 0.238 e. The van der Waals surface area contributed by atoms with Crippen LogP contribution in [0.2, 0.25) is 0 Å². The number of hydrogen-bond donors (Lipinski definition) is 1. The predicted molar refractivity (Wildman–Crippen MR) is 50.6 cm³/mol. The topological polar surface area (TPSA) is 63.2 Å². The number of amides is 1. The molecule has 1 saturated heterocycles. The highest BCUT2D eigenvalue weighted by atomic mass is 16.2. The molecule has 4 nitrogen and oxygen atoms in total. The minimum Gasteiger partial charge on any atom is -0.345 e. The highest BCUT2D eigenvalue weighted by Gasteiger charge is 2.43. The van der Waals surface area contributed by atoms with E-state index in [1.807, 2.05) is 13.8 Å². The number of carbonyl (C=O) groups excluding carboxylic acids is 3. The van der Waals surface area contributed by atoms with Gasteiger partial charge in [0.1, 0.15) is 5.78 Å². The maximum atomic E-state index is 11.6. The van der Waals surface area contributed by atoms with Gasteiger partial charge in [-0.05, 0) is 19.3 Å². The Morgan fingerprint density at radius 3 is 2.36 bits per heavy atom. The van der Waals surface area contributed by atoms with Crippen molar-refractivity contribution in [3.63, 3.8) is 0 Å². The lowest BCUT2D eigenvalue weighted by atomic mass is 9.95. The first-order chi connectivity index (χ1) is 6.43. The van der Waals surface area contributed by atoms with Crippen molar-refractivity contribution in [2.75, 3.05) is 0 Å². The van der Waals surface area contributed by atoms with Gasteiger partial charge in [0, 0.05) is 0 Å². The van der Waals surface area contributed by atoms with Crippen LogP contribution >= 0.6 is 0 Å². The molecule has 1 rings (SSSR count). The first-order valence-corrected chi connectivity index (χ1v) is 4.78. The standard InChI is InChI=1S/C10H15NO3/c1-5(2)4-7-9(13)8(6(3)12)10(14)11-7/h5,7-8H,4H2,1-3H3,(H,11,14)/t7-,8-/m0/s1. The normalized spacial score (nSPS) is 26.9. The molecule has 0 radical (unpaired) electrons. The van der Waals surface area contributed by atoms with Gasteiger partial charge in [0.25, 0.3) is 0 Å². The fourth-order valence-electron chi connectivity index (χ4n) is 1.69. The highest BCUT2D eigenvalue weighted by molar-refractivity contribution is 6.23. The van der Waals surface area contributed by atoms with Crippen LogP contribution < -0.4 is 5.32 Å². The summed E-state index contributed by atoms with van der Waals surface area (Å²) in [6, 6.07) is -0.462. The Labute approximate surface area is 83.1 Å². The zero-order chi connectivity index (χ0) is 10.9. The Balaban J connectivity index is 2.74. The quantitative estimate of drug-likeness (QED) is 0.662. The summed E-state index contributed by atoms with van der Waals surface area (Å²) in [5.74, 6) is -1.79. The van der Waals surface area contributed by atoms with E-state index in [2.05, 4.69) is 5.32 Å². The van der Waals surface area contributed by atoms with E-state index in [0.29, 0.717) is 12.3 Å². The van der Waals surface area contributed by atoms with E-state index in [1.165, 1.54) is 6.92 Å². The molecule has 1 heterocycles. The van der Waals surface area contributed by atoms with Crippen molar-refractivity contribution in [2.24, 2.45) is 11.8 Å². The third-order valence-corrected chi connectivity index (χ3v) is 2.32. The maximum Gasteiger partial charge on any atom is 0.238 e. The Kier molecular flexibility index (Phi) is 3.03. The van der Waals surface area contributed by atoms with Crippen molar-refractivity contribution in [3.05, 3.63) is 0 Å². The lowest BCUT2D eigenvalue weighted by Gasteiger charge is -2.10. The third kappa shape index (κ3) is 2.00. The van der Waals surface area contributed by atoms with Gasteiger partial charge in [-0.3, -0.25) is 14.4 Å². The fraction of sp³-hybridized carbons (Fsp3) is 0.700. The van der Waals surface area contributed by atoms with Crippen LogP contribution in [0.25, 0.3) is 0 Å². The van der Waals surface area contributed by atoms with E-state index in [4.69, 9.17) is 0 Å². The molecule has 1 amide bonds. The molecule has 78 valence electrons. The van der Waals surface area contributed by atoms with Crippen molar-refractivity contribution < 1.29 is 14.4 Å². The largest absolute Gasteiger partial charge is 0.345 e. The molecular weight excluding hydrogens is 182 g/mol. The van der Waals surface area contributed by atoms with Gasteiger partial charge in [-0.2, -0.15) is 0 Å². The van der Waals surface area contributed by atoms with Crippen molar-refractivity contribution >= 4 is 17.5 Å². The van der Waals surface area contributed by atoms with Gasteiger partial charge in [0.2, 0.25) is 5.91 Å². The summed E-state index contributed by atoms with van der Waals surface area (Å²) in [7, 11) is 0. The molecule has 0 spiro atoms. The summed E-state index contributed by atoms with van der Waals surface area (Å²) < 4.78 is 0. The molecule has 2 atom stereocenters. The van der Waals surface area contributed by atoms with Gasteiger partial charge in [0.05, 0.1) is 6.04 Å². The van der Waals surface area contributed by atoms with Crippen molar-refractivity contribution in [1.82, 2.24) is 5.32 Å². The summed E-state index contributed by atoms with van der Waals surface area (Å²) in [4.78, 5) is 33.9. The van der Waals surface area contributed by atoms with Gasteiger partial charge in [-0.15, -0.1) is 0 Å². The fourth-order valence-corrected chi connectivity index (χ4v) is 1.69. The van der Waals surface area contributed by atoms with Gasteiger partial charge < -0.3 is 5.32 Å². The van der Waals surface area contributed by atoms with Gasteiger partial charge in [-0.25, -0.2) is 0 Å². The molecule has 1 fully saturated rings. The van der Waals surface area contributed by atoms with E-state index in [0.717, 1.165) is 0 Å². The van der Waals surface area contributed by atoms with Crippen LogP contribution in [0.5, 0.6) is 0 Å². The van der Waals surface area contributed by atoms with E-state index in [1.54, 1.807) is 0 Å². The van der Waals surface area contributed by atoms with Gasteiger partial charge in [0.15, 0.2) is 11.7 Å². The van der Waals surface area contributed by atoms with E-state index in [9.17, 15) is 14.4 Å². The molecule has 0 aliphatic carbocycles. The van der Waals surface area contributed by atoms with Crippen LogP contribution in [0.15, 0.2) is 0 Å². The molecule has 1 N–H and O–H groups in total. The molecule has 0 bridgehead atoms. The Morgan fingerprint density at radius 1 is 1.43 bits per heavy atom. The highest BCUT2D eigenvalue weighted by Crippen LogP contribution is 2.17. The average Bonchev–Trinajstić information content (AvgIpc) is 2.25. The molecule has 1 aliphatic rings. The lowest BCUT2D eigenvalue weighted by molar-refractivity contribution is -0.135.